The Hall–Kier alpha value is -2.34. The first kappa shape index (κ1) is 19.0. The molecule has 2 aliphatic rings. The predicted molar refractivity (Wildman–Crippen MR) is 114 cm³/mol. The van der Waals surface area contributed by atoms with Crippen molar-refractivity contribution in [2.75, 3.05) is 26.7 Å². The summed E-state index contributed by atoms with van der Waals surface area (Å²) in [6.07, 6.45) is 4.09. The molecule has 1 atom stereocenters. The first-order chi connectivity index (χ1) is 13.6. The Morgan fingerprint density at radius 3 is 2.71 bits per heavy atom. The van der Waals surface area contributed by atoms with Gasteiger partial charge in [-0.2, -0.15) is 5.10 Å². The normalized spacial score (nSPS) is 20.5. The van der Waals surface area contributed by atoms with Crippen LogP contribution in [0.3, 0.4) is 0 Å². The lowest BCUT2D eigenvalue weighted by molar-refractivity contribution is 0.314. The van der Waals surface area contributed by atoms with E-state index >= 15 is 0 Å². The van der Waals surface area contributed by atoms with Gasteiger partial charge in [0, 0.05) is 38.4 Å². The minimum atomic E-state index is 0.715. The number of aromatic nitrogens is 2. The SMILES string of the molecule is CN=C(NCc1ccccc1-n1nc(C)cc1C)NCC1CCN(C2CC2)C1. The molecule has 0 spiro atoms. The summed E-state index contributed by atoms with van der Waals surface area (Å²) < 4.78 is 2.02. The van der Waals surface area contributed by atoms with Gasteiger partial charge in [-0.15, -0.1) is 0 Å². The second-order valence-electron chi connectivity index (χ2n) is 8.16. The molecule has 4 rings (SSSR count). The molecule has 2 heterocycles. The molecule has 1 saturated heterocycles. The number of para-hydroxylation sites is 1. The molecule has 0 amide bonds. The van der Waals surface area contributed by atoms with Gasteiger partial charge >= 0.3 is 0 Å². The fraction of sp³-hybridized carbons (Fsp3) is 0.545. The zero-order valence-electron chi connectivity index (χ0n) is 17.3. The molecule has 1 aromatic heterocycles. The predicted octanol–water partition coefficient (Wildman–Crippen LogP) is 2.64. The third-order valence-electron chi connectivity index (χ3n) is 5.84. The van der Waals surface area contributed by atoms with E-state index < -0.39 is 0 Å². The van der Waals surface area contributed by atoms with Gasteiger partial charge in [0.1, 0.15) is 0 Å². The Bertz CT molecular complexity index is 835. The number of benzene rings is 1. The number of aliphatic imine (C=N–C) groups is 1. The summed E-state index contributed by atoms with van der Waals surface area (Å²) >= 11 is 0. The largest absolute Gasteiger partial charge is 0.356 e. The van der Waals surface area contributed by atoms with Crippen molar-refractivity contribution >= 4 is 5.96 Å². The molecule has 0 bridgehead atoms. The quantitative estimate of drug-likeness (QED) is 0.598. The average Bonchev–Trinajstić information content (AvgIpc) is 3.35. The first-order valence-electron chi connectivity index (χ1n) is 10.4. The number of hydrogen-bond acceptors (Lipinski definition) is 3. The lowest BCUT2D eigenvalue weighted by Crippen LogP contribution is -2.40. The first-order valence-corrected chi connectivity index (χ1v) is 10.4. The molecule has 1 unspecified atom stereocenters. The number of nitrogens with zero attached hydrogens (tertiary/aromatic N) is 4. The lowest BCUT2D eigenvalue weighted by atomic mass is 10.1. The highest BCUT2D eigenvalue weighted by Gasteiger charge is 2.34. The van der Waals surface area contributed by atoms with Crippen molar-refractivity contribution in [1.29, 1.82) is 0 Å². The van der Waals surface area contributed by atoms with E-state index in [9.17, 15) is 0 Å². The van der Waals surface area contributed by atoms with E-state index in [0.29, 0.717) is 6.54 Å². The Morgan fingerprint density at radius 1 is 1.18 bits per heavy atom. The van der Waals surface area contributed by atoms with Gasteiger partial charge in [-0.05, 0) is 63.3 Å². The molecule has 1 aliphatic carbocycles. The maximum Gasteiger partial charge on any atom is 0.191 e. The summed E-state index contributed by atoms with van der Waals surface area (Å²) in [7, 11) is 1.84. The Morgan fingerprint density at radius 2 is 2.00 bits per heavy atom. The van der Waals surface area contributed by atoms with Gasteiger partial charge in [-0.25, -0.2) is 4.68 Å². The number of rotatable bonds is 6. The number of aryl methyl sites for hydroxylation is 2. The Kier molecular flexibility index (Phi) is 5.67. The van der Waals surface area contributed by atoms with Crippen LogP contribution in [0.1, 0.15) is 36.2 Å². The van der Waals surface area contributed by atoms with Gasteiger partial charge < -0.3 is 15.5 Å². The third-order valence-corrected chi connectivity index (χ3v) is 5.84. The zero-order chi connectivity index (χ0) is 19.5. The van der Waals surface area contributed by atoms with Crippen LogP contribution in [0.4, 0.5) is 0 Å². The molecule has 28 heavy (non-hydrogen) atoms. The second kappa shape index (κ2) is 8.35. The minimum Gasteiger partial charge on any atom is -0.356 e. The van der Waals surface area contributed by atoms with Crippen molar-refractivity contribution in [3.8, 4) is 5.69 Å². The summed E-state index contributed by atoms with van der Waals surface area (Å²) in [6.45, 7) is 8.32. The van der Waals surface area contributed by atoms with E-state index in [-0.39, 0.29) is 0 Å². The summed E-state index contributed by atoms with van der Waals surface area (Å²) in [6, 6.07) is 11.4. The van der Waals surface area contributed by atoms with Crippen molar-refractivity contribution in [1.82, 2.24) is 25.3 Å². The van der Waals surface area contributed by atoms with Gasteiger partial charge in [0.05, 0.1) is 11.4 Å². The van der Waals surface area contributed by atoms with Gasteiger partial charge in [-0.1, -0.05) is 18.2 Å². The van der Waals surface area contributed by atoms with Crippen LogP contribution < -0.4 is 10.6 Å². The highest BCUT2D eigenvalue weighted by molar-refractivity contribution is 5.79. The van der Waals surface area contributed by atoms with Crippen molar-refractivity contribution in [2.24, 2.45) is 10.9 Å². The molecule has 1 aromatic carbocycles. The molecular formula is C22H32N6. The van der Waals surface area contributed by atoms with Crippen LogP contribution in [-0.4, -0.2) is 53.4 Å². The zero-order valence-corrected chi connectivity index (χ0v) is 17.3. The molecule has 6 heteroatoms. The van der Waals surface area contributed by atoms with E-state index in [1.807, 2.05) is 18.7 Å². The lowest BCUT2D eigenvalue weighted by Gasteiger charge is -2.18. The smallest absolute Gasteiger partial charge is 0.191 e. The highest BCUT2D eigenvalue weighted by Crippen LogP contribution is 2.31. The summed E-state index contributed by atoms with van der Waals surface area (Å²) in [5, 5.41) is 11.6. The maximum absolute atomic E-state index is 4.64. The molecule has 2 fully saturated rings. The van der Waals surface area contributed by atoms with E-state index in [1.165, 1.54) is 37.9 Å². The summed E-state index contributed by atoms with van der Waals surface area (Å²) in [5.41, 5.74) is 4.51. The monoisotopic (exact) mass is 380 g/mol. The standard InChI is InChI=1S/C22H32N6/c1-16-12-17(2)28(26-16)21-7-5-4-6-19(21)14-25-22(23-3)24-13-18-10-11-27(15-18)20-8-9-20/h4-7,12,18,20H,8-11,13-15H2,1-3H3,(H2,23,24,25). The molecule has 2 aromatic rings. The van der Waals surface area contributed by atoms with Crippen LogP contribution >= 0.6 is 0 Å². The van der Waals surface area contributed by atoms with Crippen LogP contribution in [0, 0.1) is 19.8 Å². The second-order valence-corrected chi connectivity index (χ2v) is 8.16. The van der Waals surface area contributed by atoms with Crippen LogP contribution in [0.5, 0.6) is 0 Å². The fourth-order valence-electron chi connectivity index (χ4n) is 4.18. The number of nitrogens with one attached hydrogen (secondary N) is 2. The van der Waals surface area contributed by atoms with E-state index in [1.54, 1.807) is 0 Å². The summed E-state index contributed by atoms with van der Waals surface area (Å²) in [5.74, 6) is 1.59. The topological polar surface area (TPSA) is 57.5 Å². The molecule has 1 saturated carbocycles. The molecule has 6 nitrogen and oxygen atoms in total. The van der Waals surface area contributed by atoms with Crippen molar-refractivity contribution in [2.45, 2.75) is 45.7 Å². The number of likely N-dealkylation sites (tertiary alicyclic amines) is 1. The van der Waals surface area contributed by atoms with Gasteiger partial charge in [0.15, 0.2) is 5.96 Å². The average molecular weight is 381 g/mol. The van der Waals surface area contributed by atoms with Crippen LogP contribution in [0.25, 0.3) is 5.69 Å². The molecule has 150 valence electrons. The third kappa shape index (κ3) is 4.38. The van der Waals surface area contributed by atoms with E-state index in [4.69, 9.17) is 0 Å². The number of guanidine groups is 1. The molecule has 2 N–H and O–H groups in total. The van der Waals surface area contributed by atoms with Gasteiger partial charge in [-0.3, -0.25) is 4.99 Å². The highest BCUT2D eigenvalue weighted by atomic mass is 15.3. The Labute approximate surface area is 168 Å². The van der Waals surface area contributed by atoms with Gasteiger partial charge in [0.25, 0.3) is 0 Å². The summed E-state index contributed by atoms with van der Waals surface area (Å²) in [4.78, 5) is 7.07. The molecule has 1 aliphatic heterocycles. The van der Waals surface area contributed by atoms with E-state index in [0.717, 1.165) is 41.5 Å². The Balaban J connectivity index is 1.34. The molecule has 0 radical (unpaired) electrons. The van der Waals surface area contributed by atoms with Crippen molar-refractivity contribution in [3.05, 3.63) is 47.3 Å². The van der Waals surface area contributed by atoms with Crippen molar-refractivity contribution in [3.63, 3.8) is 0 Å². The maximum atomic E-state index is 4.64. The fourth-order valence-corrected chi connectivity index (χ4v) is 4.18. The minimum absolute atomic E-state index is 0.715. The van der Waals surface area contributed by atoms with Crippen molar-refractivity contribution < 1.29 is 0 Å². The van der Waals surface area contributed by atoms with Gasteiger partial charge in [0.2, 0.25) is 0 Å². The number of hydrogen-bond donors (Lipinski definition) is 2. The van der Waals surface area contributed by atoms with Crippen LogP contribution in [0.15, 0.2) is 35.3 Å². The van der Waals surface area contributed by atoms with Crippen LogP contribution in [-0.2, 0) is 6.54 Å². The molecular weight excluding hydrogens is 348 g/mol. The van der Waals surface area contributed by atoms with E-state index in [2.05, 4.69) is 62.9 Å². The van der Waals surface area contributed by atoms with Crippen LogP contribution in [0.2, 0.25) is 0 Å².